The number of nitrogens with zero attached hydrogens (tertiary/aromatic N) is 4. The van der Waals surface area contributed by atoms with Crippen LogP contribution in [0.1, 0.15) is 58.0 Å². The highest BCUT2D eigenvalue weighted by Crippen LogP contribution is 2.66. The Morgan fingerprint density at radius 1 is 0.761 bits per heavy atom. The van der Waals surface area contributed by atoms with Gasteiger partial charge in [-0.2, -0.15) is 0 Å². The summed E-state index contributed by atoms with van der Waals surface area (Å²) in [7, 11) is 1.47. The van der Waals surface area contributed by atoms with Gasteiger partial charge in [-0.15, -0.1) is 0 Å². The predicted octanol–water partition coefficient (Wildman–Crippen LogP) is 5.31. The zero-order valence-corrected chi connectivity index (χ0v) is 39.2. The molecule has 5 aromatic rings. The van der Waals surface area contributed by atoms with E-state index in [1.165, 1.54) is 7.11 Å². The van der Waals surface area contributed by atoms with Crippen LogP contribution in [0.2, 0.25) is 0 Å². The topological polar surface area (TPSA) is 177 Å². The van der Waals surface area contributed by atoms with Crippen LogP contribution in [-0.4, -0.2) is 128 Å². The molecule has 16 heteroatoms. The minimum Gasteiger partial charge on any atom is -0.491 e. The molecular formula is C55H54N4O12. The van der Waals surface area contributed by atoms with Crippen molar-refractivity contribution in [3.05, 3.63) is 155 Å². The van der Waals surface area contributed by atoms with E-state index in [0.29, 0.717) is 59.1 Å². The third kappa shape index (κ3) is 8.74. The van der Waals surface area contributed by atoms with Gasteiger partial charge in [-0.05, 0) is 70.3 Å². The van der Waals surface area contributed by atoms with Crippen LogP contribution in [0.15, 0.2) is 121 Å². The summed E-state index contributed by atoms with van der Waals surface area (Å²) in [5.41, 5.74) is 1.95. The highest BCUT2D eigenvalue weighted by atomic mass is 16.7. The fourth-order valence-electron chi connectivity index (χ4n) is 11.0. The zero-order valence-electron chi connectivity index (χ0n) is 39.2. The summed E-state index contributed by atoms with van der Waals surface area (Å²) in [4.78, 5) is 69.8. The van der Waals surface area contributed by atoms with Gasteiger partial charge in [0.2, 0.25) is 18.6 Å². The van der Waals surface area contributed by atoms with Crippen molar-refractivity contribution in [3.63, 3.8) is 0 Å². The Morgan fingerprint density at radius 2 is 1.49 bits per heavy atom. The van der Waals surface area contributed by atoms with Crippen LogP contribution < -0.4 is 19.1 Å². The van der Waals surface area contributed by atoms with Crippen molar-refractivity contribution in [1.29, 1.82) is 0 Å². The first kappa shape index (κ1) is 47.4. The Balaban J connectivity index is 1.18. The number of amides is 3. The monoisotopic (exact) mass is 962 g/mol. The van der Waals surface area contributed by atoms with E-state index in [1.54, 1.807) is 47.4 Å². The van der Waals surface area contributed by atoms with Crippen LogP contribution in [0.5, 0.6) is 17.2 Å². The molecule has 5 aromatic carbocycles. The maximum Gasteiger partial charge on any atom is 0.421 e. The van der Waals surface area contributed by atoms with Crippen molar-refractivity contribution in [3.8, 4) is 29.1 Å². The van der Waals surface area contributed by atoms with E-state index < -0.39 is 59.4 Å². The number of hydrogen-bond donors (Lipinski definition) is 2. The standard InChI is InChI=1S/C55H54N4O12/c1-66-30-31-68-54(65)58-43-21-15-36(10-8-9-27-60)32-42(43)55(53(58)64)46(51(62)57-25-23-56(24-26-57)34-37-16-22-44-45(33-37)70-35-69-44)48-52(63)71-49(39-13-6-3-7-14-39)47(38-11-4-2-5-12-38)59(48)50(55)40-17-19-41(20-18-40)67-29-28-61/h2-7,11-22,32-33,46-50,60-61H,9,23-31,34-35H2,1H3/t46-,47-,48-,49+,50+,55-/m0/s1. The Labute approximate surface area is 411 Å². The first-order chi connectivity index (χ1) is 34.8. The Morgan fingerprint density at radius 3 is 2.21 bits per heavy atom. The van der Waals surface area contributed by atoms with E-state index in [9.17, 15) is 15.0 Å². The first-order valence-electron chi connectivity index (χ1n) is 23.8. The molecule has 2 N–H and O–H groups in total. The Kier molecular flexibility index (Phi) is 13.8. The molecule has 3 amide bonds. The predicted molar refractivity (Wildman–Crippen MR) is 257 cm³/mol. The lowest BCUT2D eigenvalue weighted by molar-refractivity contribution is -0.179. The normalized spacial score (nSPS) is 23.5. The fraction of sp³-hybridized carbons (Fsp3) is 0.345. The summed E-state index contributed by atoms with van der Waals surface area (Å²) >= 11 is 0. The summed E-state index contributed by atoms with van der Waals surface area (Å²) in [5.74, 6) is 4.51. The number of aliphatic hydroxyl groups excluding tert-OH is 2. The maximum absolute atomic E-state index is 16.5. The van der Waals surface area contributed by atoms with Gasteiger partial charge in [0, 0.05) is 51.8 Å². The van der Waals surface area contributed by atoms with Crippen LogP contribution in [0.25, 0.3) is 0 Å². The van der Waals surface area contributed by atoms with Crippen molar-refractivity contribution in [2.24, 2.45) is 5.92 Å². The zero-order chi connectivity index (χ0) is 49.1. The van der Waals surface area contributed by atoms with Crippen LogP contribution in [0.4, 0.5) is 10.5 Å². The third-order valence-corrected chi connectivity index (χ3v) is 14.0. The molecule has 5 aliphatic rings. The largest absolute Gasteiger partial charge is 0.491 e. The van der Waals surface area contributed by atoms with Gasteiger partial charge in [0.05, 0.1) is 43.5 Å². The number of cyclic esters (lactones) is 1. The van der Waals surface area contributed by atoms with Crippen molar-refractivity contribution >= 4 is 29.6 Å². The minimum atomic E-state index is -2.01. The molecule has 0 saturated carbocycles. The average Bonchev–Trinajstić information content (AvgIpc) is 4.08. The van der Waals surface area contributed by atoms with Crippen molar-refractivity contribution in [1.82, 2.24) is 14.7 Å². The van der Waals surface area contributed by atoms with Crippen LogP contribution in [0.3, 0.4) is 0 Å². The molecule has 0 aromatic heterocycles. The second-order valence-electron chi connectivity index (χ2n) is 18.0. The number of benzene rings is 5. The quantitative estimate of drug-likeness (QED) is 0.0882. The average molecular weight is 963 g/mol. The molecule has 10 rings (SSSR count). The second-order valence-corrected chi connectivity index (χ2v) is 18.0. The number of anilines is 1. The van der Waals surface area contributed by atoms with Gasteiger partial charge in [-0.1, -0.05) is 90.7 Å². The number of esters is 1. The Bertz CT molecular complexity index is 2830. The van der Waals surface area contributed by atoms with Crippen molar-refractivity contribution < 1.29 is 57.8 Å². The van der Waals surface area contributed by atoms with E-state index in [0.717, 1.165) is 16.0 Å². The molecule has 1 spiro atoms. The van der Waals surface area contributed by atoms with Gasteiger partial charge in [-0.3, -0.25) is 24.2 Å². The number of carbonyl (C=O) groups is 4. The van der Waals surface area contributed by atoms with E-state index in [1.807, 2.05) is 83.8 Å². The lowest BCUT2D eigenvalue weighted by atomic mass is 9.65. The van der Waals surface area contributed by atoms with Crippen LogP contribution in [-0.2, 0) is 40.6 Å². The molecule has 71 heavy (non-hydrogen) atoms. The van der Waals surface area contributed by atoms with E-state index in [-0.39, 0.29) is 65.0 Å². The van der Waals surface area contributed by atoms with Gasteiger partial charge in [0.1, 0.15) is 36.5 Å². The smallest absolute Gasteiger partial charge is 0.421 e. The SMILES string of the molecule is COCCOC(=O)N1C(=O)[C@@]2(c3cc(C#CCCO)ccc31)[C@H](C(=O)N1CCN(Cc3ccc4c(c3)OCO4)CC1)[C@H]1C(=O)O[C@H](c3ccccc3)[C@H](c3ccccc3)N1[C@@H]2c1ccc(OCCO)cc1. The lowest BCUT2D eigenvalue weighted by Crippen LogP contribution is -2.59. The third-order valence-electron chi connectivity index (χ3n) is 14.0. The molecule has 6 atom stereocenters. The van der Waals surface area contributed by atoms with Gasteiger partial charge >= 0.3 is 12.1 Å². The molecule has 5 aliphatic heterocycles. The number of imide groups is 1. The molecule has 366 valence electrons. The lowest BCUT2D eigenvalue weighted by Gasteiger charge is -2.46. The summed E-state index contributed by atoms with van der Waals surface area (Å²) < 4.78 is 34.6. The number of aliphatic hydroxyl groups is 2. The molecule has 0 aliphatic carbocycles. The number of hydrogen-bond acceptors (Lipinski definition) is 14. The van der Waals surface area contributed by atoms with Crippen molar-refractivity contribution in [2.45, 2.75) is 42.6 Å². The summed E-state index contributed by atoms with van der Waals surface area (Å²) in [5, 5.41) is 19.3. The molecule has 0 bridgehead atoms. The summed E-state index contributed by atoms with van der Waals surface area (Å²) in [6.45, 7) is 1.78. The highest BCUT2D eigenvalue weighted by molar-refractivity contribution is 6.23. The molecule has 0 radical (unpaired) electrons. The number of piperazine rings is 1. The van der Waals surface area contributed by atoms with E-state index >= 15 is 14.4 Å². The van der Waals surface area contributed by atoms with Crippen LogP contribution in [0, 0.1) is 17.8 Å². The molecule has 0 unspecified atom stereocenters. The van der Waals surface area contributed by atoms with Crippen LogP contribution >= 0.6 is 0 Å². The molecule has 5 heterocycles. The number of ether oxygens (including phenoxy) is 6. The minimum absolute atomic E-state index is 0.0359. The molecular weight excluding hydrogens is 909 g/mol. The number of morpholine rings is 1. The van der Waals surface area contributed by atoms with Crippen molar-refractivity contribution in [2.75, 3.05) is 78.0 Å². The Hall–Kier alpha value is -7.26. The maximum atomic E-state index is 16.5. The van der Waals surface area contributed by atoms with Gasteiger partial charge in [0.15, 0.2) is 11.5 Å². The number of fused-ring (bicyclic) bond motifs is 4. The van der Waals surface area contributed by atoms with E-state index in [4.69, 9.17) is 28.4 Å². The highest BCUT2D eigenvalue weighted by Gasteiger charge is 2.76. The number of carbonyl (C=O) groups excluding carboxylic acids is 4. The number of methoxy groups -OCH3 is 1. The first-order valence-corrected chi connectivity index (χ1v) is 23.8. The van der Waals surface area contributed by atoms with Gasteiger partial charge < -0.3 is 43.5 Å². The number of rotatable bonds is 13. The second kappa shape index (κ2) is 20.6. The molecule has 3 fully saturated rings. The fourth-order valence-corrected chi connectivity index (χ4v) is 11.0. The van der Waals surface area contributed by atoms with Gasteiger partial charge in [-0.25, -0.2) is 9.69 Å². The molecule has 16 nitrogen and oxygen atoms in total. The van der Waals surface area contributed by atoms with E-state index in [2.05, 4.69) is 16.7 Å². The summed E-state index contributed by atoms with van der Waals surface area (Å²) in [6.07, 6.45) is -1.71. The summed E-state index contributed by atoms with van der Waals surface area (Å²) in [6, 6.07) is 33.6. The molecule has 3 saturated heterocycles. The van der Waals surface area contributed by atoms with Gasteiger partial charge in [0.25, 0.3) is 0 Å².